The smallest absolute Gasteiger partial charge is 0.224 e. The average Bonchev–Trinajstić information content (AvgIpc) is 2.68. The number of rotatable bonds is 6. The van der Waals surface area contributed by atoms with Gasteiger partial charge in [0, 0.05) is 6.54 Å². The molecule has 1 aromatic rings. The van der Waals surface area contributed by atoms with Gasteiger partial charge in [-0.1, -0.05) is 6.07 Å². The summed E-state index contributed by atoms with van der Waals surface area (Å²) in [6, 6.07) is 5.56. The first-order chi connectivity index (χ1) is 12.6. The summed E-state index contributed by atoms with van der Waals surface area (Å²) in [6.07, 6.45) is 5.07. The van der Waals surface area contributed by atoms with Crippen LogP contribution in [0.5, 0.6) is 11.5 Å². The standard InChI is InChI=1S/C20H30N2O4/c1-24-17-4-3-15(11-18(17)25-2)12-19(23)22-13-16-5-6-20(14-26-16)7-9-21-10-8-20/h3-4,11,16,21H,5-10,12-14H2,1-2H3,(H,22,23). The molecule has 1 atom stereocenters. The van der Waals surface area contributed by atoms with Crippen molar-refractivity contribution in [2.75, 3.05) is 40.5 Å². The van der Waals surface area contributed by atoms with Crippen LogP contribution in [-0.2, 0) is 16.0 Å². The molecular weight excluding hydrogens is 332 g/mol. The molecule has 2 fully saturated rings. The van der Waals surface area contributed by atoms with E-state index in [1.165, 1.54) is 19.3 Å². The van der Waals surface area contributed by atoms with Crippen LogP contribution in [0.25, 0.3) is 0 Å². The van der Waals surface area contributed by atoms with Gasteiger partial charge in [0.25, 0.3) is 0 Å². The predicted octanol–water partition coefficient (Wildman–Crippen LogP) is 1.91. The molecule has 0 aromatic heterocycles. The summed E-state index contributed by atoms with van der Waals surface area (Å²) in [5.41, 5.74) is 1.27. The fourth-order valence-corrected chi connectivity index (χ4v) is 3.90. The van der Waals surface area contributed by atoms with Gasteiger partial charge in [-0.25, -0.2) is 0 Å². The molecular formula is C20H30N2O4. The van der Waals surface area contributed by atoms with Crippen molar-refractivity contribution in [2.45, 2.75) is 38.2 Å². The number of carbonyl (C=O) groups excluding carboxylic acids is 1. The Kier molecular flexibility index (Phi) is 6.38. The van der Waals surface area contributed by atoms with Gasteiger partial charge < -0.3 is 24.8 Å². The van der Waals surface area contributed by atoms with E-state index in [2.05, 4.69) is 10.6 Å². The highest BCUT2D eigenvalue weighted by Crippen LogP contribution is 2.38. The van der Waals surface area contributed by atoms with Gasteiger partial charge >= 0.3 is 0 Å². The second-order valence-electron chi connectivity index (χ2n) is 7.39. The molecule has 3 rings (SSSR count). The minimum Gasteiger partial charge on any atom is -0.493 e. The molecule has 26 heavy (non-hydrogen) atoms. The van der Waals surface area contributed by atoms with Crippen LogP contribution in [0.1, 0.15) is 31.2 Å². The maximum Gasteiger partial charge on any atom is 0.224 e. The van der Waals surface area contributed by atoms with Gasteiger partial charge in [-0.2, -0.15) is 0 Å². The third kappa shape index (κ3) is 4.68. The highest BCUT2D eigenvalue weighted by Gasteiger charge is 2.36. The van der Waals surface area contributed by atoms with Crippen LogP contribution in [0.4, 0.5) is 0 Å². The van der Waals surface area contributed by atoms with E-state index in [-0.39, 0.29) is 12.0 Å². The van der Waals surface area contributed by atoms with E-state index in [9.17, 15) is 4.79 Å². The Balaban J connectivity index is 1.43. The van der Waals surface area contributed by atoms with Crippen LogP contribution < -0.4 is 20.1 Å². The van der Waals surface area contributed by atoms with Crippen LogP contribution >= 0.6 is 0 Å². The third-order valence-corrected chi connectivity index (χ3v) is 5.63. The van der Waals surface area contributed by atoms with Crippen LogP contribution in [0.15, 0.2) is 18.2 Å². The minimum absolute atomic E-state index is 0.00275. The van der Waals surface area contributed by atoms with Gasteiger partial charge in [0.05, 0.1) is 33.4 Å². The Labute approximate surface area is 155 Å². The van der Waals surface area contributed by atoms with Crippen molar-refractivity contribution in [1.82, 2.24) is 10.6 Å². The van der Waals surface area contributed by atoms with Crippen LogP contribution in [-0.4, -0.2) is 52.5 Å². The molecule has 2 saturated heterocycles. The van der Waals surface area contributed by atoms with Crippen molar-refractivity contribution in [2.24, 2.45) is 5.41 Å². The fourth-order valence-electron chi connectivity index (χ4n) is 3.90. The number of carbonyl (C=O) groups is 1. The molecule has 1 spiro atoms. The number of benzene rings is 1. The number of piperidine rings is 1. The first-order valence-corrected chi connectivity index (χ1v) is 9.44. The zero-order valence-corrected chi connectivity index (χ0v) is 15.8. The average molecular weight is 362 g/mol. The second kappa shape index (κ2) is 8.73. The van der Waals surface area contributed by atoms with E-state index < -0.39 is 0 Å². The summed E-state index contributed by atoms with van der Waals surface area (Å²) in [5.74, 6) is 1.31. The van der Waals surface area contributed by atoms with E-state index in [0.717, 1.165) is 31.7 Å². The van der Waals surface area contributed by atoms with Crippen molar-refractivity contribution in [3.05, 3.63) is 23.8 Å². The first kappa shape index (κ1) is 19.0. The summed E-state index contributed by atoms with van der Waals surface area (Å²) < 4.78 is 16.6. The minimum atomic E-state index is 0.00275. The Morgan fingerprint density at radius 3 is 2.65 bits per heavy atom. The van der Waals surface area contributed by atoms with Gasteiger partial charge in [-0.3, -0.25) is 4.79 Å². The second-order valence-corrected chi connectivity index (χ2v) is 7.39. The van der Waals surface area contributed by atoms with Crippen LogP contribution in [0.3, 0.4) is 0 Å². The third-order valence-electron chi connectivity index (χ3n) is 5.63. The van der Waals surface area contributed by atoms with E-state index in [0.29, 0.717) is 29.9 Å². The monoisotopic (exact) mass is 362 g/mol. The zero-order valence-electron chi connectivity index (χ0n) is 15.8. The van der Waals surface area contributed by atoms with Crippen LogP contribution in [0, 0.1) is 5.41 Å². The van der Waals surface area contributed by atoms with Crippen molar-refractivity contribution in [3.8, 4) is 11.5 Å². The van der Waals surface area contributed by atoms with E-state index >= 15 is 0 Å². The van der Waals surface area contributed by atoms with E-state index in [4.69, 9.17) is 14.2 Å². The highest BCUT2D eigenvalue weighted by molar-refractivity contribution is 5.78. The lowest BCUT2D eigenvalue weighted by Gasteiger charge is -2.43. The van der Waals surface area contributed by atoms with E-state index in [1.54, 1.807) is 14.2 Å². The van der Waals surface area contributed by atoms with Gasteiger partial charge in [-0.05, 0) is 61.9 Å². The fraction of sp³-hybridized carbons (Fsp3) is 0.650. The molecule has 2 N–H and O–H groups in total. The molecule has 6 nitrogen and oxygen atoms in total. The number of ether oxygens (including phenoxy) is 3. The largest absolute Gasteiger partial charge is 0.493 e. The summed E-state index contributed by atoms with van der Waals surface area (Å²) in [5, 5.41) is 6.43. The number of methoxy groups -OCH3 is 2. The number of hydrogen-bond donors (Lipinski definition) is 2. The molecule has 1 amide bonds. The maximum atomic E-state index is 12.3. The van der Waals surface area contributed by atoms with Crippen molar-refractivity contribution >= 4 is 5.91 Å². The molecule has 144 valence electrons. The summed E-state index contributed by atoms with van der Waals surface area (Å²) in [6.45, 7) is 3.59. The number of nitrogens with one attached hydrogen (secondary N) is 2. The SMILES string of the molecule is COc1ccc(CC(=O)NCC2CCC3(CCNCC3)CO2)cc1OC. The van der Waals surface area contributed by atoms with Gasteiger partial charge in [0.2, 0.25) is 5.91 Å². The summed E-state index contributed by atoms with van der Waals surface area (Å²) in [4.78, 5) is 12.3. The lowest BCUT2D eigenvalue weighted by molar-refractivity contribution is -0.122. The van der Waals surface area contributed by atoms with Crippen molar-refractivity contribution in [1.29, 1.82) is 0 Å². The number of hydrogen-bond acceptors (Lipinski definition) is 5. The molecule has 0 radical (unpaired) electrons. The molecule has 2 aliphatic heterocycles. The maximum absolute atomic E-state index is 12.3. The molecule has 6 heteroatoms. The predicted molar refractivity (Wildman–Crippen MR) is 99.8 cm³/mol. The zero-order chi connectivity index (χ0) is 18.4. The van der Waals surface area contributed by atoms with Gasteiger partial charge in [-0.15, -0.1) is 0 Å². The lowest BCUT2D eigenvalue weighted by atomic mass is 9.74. The molecule has 2 aliphatic rings. The molecule has 1 aromatic carbocycles. The molecule has 0 aliphatic carbocycles. The van der Waals surface area contributed by atoms with Gasteiger partial charge in [0.15, 0.2) is 11.5 Å². The lowest BCUT2D eigenvalue weighted by Crippen LogP contribution is -2.46. The Bertz CT molecular complexity index is 604. The van der Waals surface area contributed by atoms with Crippen LogP contribution in [0.2, 0.25) is 0 Å². The Morgan fingerprint density at radius 2 is 2.00 bits per heavy atom. The molecule has 2 heterocycles. The molecule has 0 saturated carbocycles. The van der Waals surface area contributed by atoms with Gasteiger partial charge in [0.1, 0.15) is 0 Å². The van der Waals surface area contributed by atoms with E-state index in [1.807, 2.05) is 18.2 Å². The number of amides is 1. The molecule has 1 unspecified atom stereocenters. The normalized spacial score (nSPS) is 22.0. The Morgan fingerprint density at radius 1 is 1.23 bits per heavy atom. The summed E-state index contributed by atoms with van der Waals surface area (Å²) in [7, 11) is 3.19. The first-order valence-electron chi connectivity index (χ1n) is 9.44. The Hall–Kier alpha value is -1.79. The topological polar surface area (TPSA) is 68.8 Å². The van der Waals surface area contributed by atoms with Crippen molar-refractivity contribution < 1.29 is 19.0 Å². The summed E-state index contributed by atoms with van der Waals surface area (Å²) >= 11 is 0. The van der Waals surface area contributed by atoms with Crippen molar-refractivity contribution in [3.63, 3.8) is 0 Å². The highest BCUT2D eigenvalue weighted by atomic mass is 16.5. The quantitative estimate of drug-likeness (QED) is 0.809. The molecule has 0 bridgehead atoms.